The molecule has 0 saturated heterocycles. The van der Waals surface area contributed by atoms with Gasteiger partial charge in [0.2, 0.25) is 0 Å². The lowest BCUT2D eigenvalue weighted by Crippen LogP contribution is -1.85. The summed E-state index contributed by atoms with van der Waals surface area (Å²) in [6.07, 6.45) is 2.24. The Labute approximate surface area is 110 Å². The van der Waals surface area contributed by atoms with Crippen LogP contribution in [-0.4, -0.2) is 0 Å². The Morgan fingerprint density at radius 2 is 1.50 bits per heavy atom. The van der Waals surface area contributed by atoms with E-state index < -0.39 is 0 Å². The molecule has 92 valence electrons. The van der Waals surface area contributed by atoms with E-state index in [1.165, 1.54) is 33.4 Å². The minimum atomic E-state index is 1.26. The van der Waals surface area contributed by atoms with Crippen molar-refractivity contribution in [3.8, 4) is 0 Å². The van der Waals surface area contributed by atoms with Gasteiger partial charge in [0.1, 0.15) is 0 Å². The minimum Gasteiger partial charge on any atom is -0.0587 e. The molecule has 0 amide bonds. The second-order valence-electron chi connectivity index (χ2n) is 5.04. The molecular weight excluding hydrogens is 216 g/mol. The number of allylic oxidation sites excluding steroid dienone is 1. The molecule has 0 aliphatic heterocycles. The van der Waals surface area contributed by atoms with Crippen molar-refractivity contribution in [1.82, 2.24) is 0 Å². The highest BCUT2D eigenvalue weighted by Crippen LogP contribution is 2.20. The van der Waals surface area contributed by atoms with Gasteiger partial charge in [-0.2, -0.15) is 0 Å². The molecule has 0 heteroatoms. The van der Waals surface area contributed by atoms with Crippen LogP contribution >= 0.6 is 0 Å². The molecule has 0 saturated carbocycles. The molecule has 0 bridgehead atoms. The molecule has 2 aromatic rings. The van der Waals surface area contributed by atoms with Crippen molar-refractivity contribution in [2.45, 2.75) is 27.7 Å². The average Bonchev–Trinajstić information content (AvgIpc) is 2.35. The molecule has 0 heterocycles. The lowest BCUT2D eigenvalue weighted by Gasteiger charge is -2.06. The van der Waals surface area contributed by atoms with Gasteiger partial charge < -0.3 is 0 Å². The van der Waals surface area contributed by atoms with Crippen LogP contribution in [0.15, 0.2) is 42.5 Å². The van der Waals surface area contributed by atoms with E-state index in [9.17, 15) is 0 Å². The molecule has 0 aliphatic carbocycles. The van der Waals surface area contributed by atoms with Gasteiger partial charge in [-0.1, -0.05) is 54.1 Å². The summed E-state index contributed by atoms with van der Waals surface area (Å²) in [5.74, 6) is 0. The second-order valence-corrected chi connectivity index (χ2v) is 5.04. The first-order valence-corrected chi connectivity index (χ1v) is 6.39. The molecule has 0 atom stereocenters. The standard InChI is InChI=1S/C18H20/c1-13-5-8-17(9-6-13)11-16(4)18-10-7-14(2)15(3)12-18/h5-12H,1-4H3/b16-11+. The quantitative estimate of drug-likeness (QED) is 0.631. The predicted octanol–water partition coefficient (Wildman–Crippen LogP) is 5.17. The molecule has 0 aliphatic rings. The van der Waals surface area contributed by atoms with Gasteiger partial charge in [0.05, 0.1) is 0 Å². The Balaban J connectivity index is 2.32. The van der Waals surface area contributed by atoms with Gasteiger partial charge in [0.25, 0.3) is 0 Å². The topological polar surface area (TPSA) is 0 Å². The number of hydrogen-bond donors (Lipinski definition) is 0. The smallest absolute Gasteiger partial charge is 0.0224 e. The summed E-state index contributed by atoms with van der Waals surface area (Å²) in [4.78, 5) is 0. The van der Waals surface area contributed by atoms with Crippen LogP contribution in [0.1, 0.15) is 34.7 Å². The fraction of sp³-hybridized carbons (Fsp3) is 0.222. The van der Waals surface area contributed by atoms with Crippen molar-refractivity contribution in [2.75, 3.05) is 0 Å². The first-order chi connectivity index (χ1) is 8.56. The molecule has 2 rings (SSSR count). The maximum absolute atomic E-state index is 2.26. The van der Waals surface area contributed by atoms with E-state index in [2.05, 4.69) is 76.2 Å². The number of hydrogen-bond acceptors (Lipinski definition) is 0. The van der Waals surface area contributed by atoms with Gasteiger partial charge in [0, 0.05) is 0 Å². The molecule has 2 aromatic carbocycles. The fourth-order valence-corrected chi connectivity index (χ4v) is 1.98. The molecule has 0 fully saturated rings. The van der Waals surface area contributed by atoms with Crippen molar-refractivity contribution in [3.63, 3.8) is 0 Å². The third-order valence-corrected chi connectivity index (χ3v) is 3.42. The van der Waals surface area contributed by atoms with Crippen LogP contribution in [-0.2, 0) is 0 Å². The van der Waals surface area contributed by atoms with E-state index in [0.717, 1.165) is 0 Å². The highest BCUT2D eigenvalue weighted by molar-refractivity contribution is 5.80. The van der Waals surface area contributed by atoms with Crippen LogP contribution in [0, 0.1) is 20.8 Å². The van der Waals surface area contributed by atoms with Crippen LogP contribution in [0.5, 0.6) is 0 Å². The maximum Gasteiger partial charge on any atom is -0.0224 e. The zero-order valence-electron chi connectivity index (χ0n) is 11.6. The lowest BCUT2D eigenvalue weighted by atomic mass is 9.99. The van der Waals surface area contributed by atoms with Crippen LogP contribution < -0.4 is 0 Å². The average molecular weight is 236 g/mol. The van der Waals surface area contributed by atoms with Crippen molar-refractivity contribution < 1.29 is 0 Å². The van der Waals surface area contributed by atoms with Gasteiger partial charge in [-0.3, -0.25) is 0 Å². The van der Waals surface area contributed by atoms with Gasteiger partial charge in [0.15, 0.2) is 0 Å². The third kappa shape index (κ3) is 2.89. The van der Waals surface area contributed by atoms with E-state index in [0.29, 0.717) is 0 Å². The molecule has 18 heavy (non-hydrogen) atoms. The summed E-state index contributed by atoms with van der Waals surface area (Å²) in [5.41, 5.74) is 7.87. The predicted molar refractivity (Wildman–Crippen MR) is 80.6 cm³/mol. The Kier molecular flexibility index (Phi) is 3.66. The second kappa shape index (κ2) is 5.22. The minimum absolute atomic E-state index is 1.26. The zero-order valence-corrected chi connectivity index (χ0v) is 11.6. The van der Waals surface area contributed by atoms with Gasteiger partial charge >= 0.3 is 0 Å². The van der Waals surface area contributed by atoms with E-state index in [-0.39, 0.29) is 0 Å². The van der Waals surface area contributed by atoms with E-state index in [4.69, 9.17) is 0 Å². The summed E-state index contributed by atoms with van der Waals surface area (Å²) < 4.78 is 0. The molecule has 0 unspecified atom stereocenters. The molecular formula is C18H20. The first kappa shape index (κ1) is 12.6. The number of rotatable bonds is 2. The fourth-order valence-electron chi connectivity index (χ4n) is 1.98. The summed E-state index contributed by atoms with van der Waals surface area (Å²) >= 11 is 0. The van der Waals surface area contributed by atoms with E-state index in [1.807, 2.05) is 0 Å². The highest BCUT2D eigenvalue weighted by atomic mass is 14.0. The lowest BCUT2D eigenvalue weighted by molar-refractivity contribution is 1.33. The molecule has 0 N–H and O–H groups in total. The number of benzene rings is 2. The summed E-state index contributed by atoms with van der Waals surface area (Å²) in [6.45, 7) is 8.60. The van der Waals surface area contributed by atoms with Crippen LogP contribution in [0.25, 0.3) is 11.6 Å². The Hall–Kier alpha value is -1.82. The van der Waals surface area contributed by atoms with Crippen molar-refractivity contribution in [3.05, 3.63) is 70.3 Å². The van der Waals surface area contributed by atoms with Crippen molar-refractivity contribution in [2.24, 2.45) is 0 Å². The Morgan fingerprint density at radius 3 is 2.11 bits per heavy atom. The molecule has 0 spiro atoms. The van der Waals surface area contributed by atoms with Gasteiger partial charge in [-0.25, -0.2) is 0 Å². The summed E-state index contributed by atoms with van der Waals surface area (Å²) in [5, 5.41) is 0. The molecule has 0 aromatic heterocycles. The summed E-state index contributed by atoms with van der Waals surface area (Å²) in [7, 11) is 0. The van der Waals surface area contributed by atoms with Gasteiger partial charge in [-0.05, 0) is 55.5 Å². The Bertz CT molecular complexity index is 571. The van der Waals surface area contributed by atoms with Crippen molar-refractivity contribution >= 4 is 11.6 Å². The molecule has 0 nitrogen and oxygen atoms in total. The highest BCUT2D eigenvalue weighted by Gasteiger charge is 1.99. The third-order valence-electron chi connectivity index (χ3n) is 3.42. The largest absolute Gasteiger partial charge is 0.0587 e. The van der Waals surface area contributed by atoms with E-state index in [1.54, 1.807) is 0 Å². The maximum atomic E-state index is 2.26. The Morgan fingerprint density at radius 1 is 0.833 bits per heavy atom. The molecule has 0 radical (unpaired) electrons. The normalized spacial score (nSPS) is 11.7. The zero-order chi connectivity index (χ0) is 13.1. The first-order valence-electron chi connectivity index (χ1n) is 6.39. The van der Waals surface area contributed by atoms with Gasteiger partial charge in [-0.15, -0.1) is 0 Å². The van der Waals surface area contributed by atoms with Crippen LogP contribution in [0.4, 0.5) is 0 Å². The monoisotopic (exact) mass is 236 g/mol. The van der Waals surface area contributed by atoms with E-state index >= 15 is 0 Å². The van der Waals surface area contributed by atoms with Crippen molar-refractivity contribution in [1.29, 1.82) is 0 Å². The summed E-state index contributed by atoms with van der Waals surface area (Å²) in [6, 6.07) is 15.3. The van der Waals surface area contributed by atoms with Crippen LogP contribution in [0.3, 0.4) is 0 Å². The SMILES string of the molecule is C/C(=C\c1ccc(C)cc1)c1ccc(C)c(C)c1. The number of aryl methyl sites for hydroxylation is 3. The van der Waals surface area contributed by atoms with Crippen LogP contribution in [0.2, 0.25) is 0 Å².